The summed E-state index contributed by atoms with van der Waals surface area (Å²) in [5.41, 5.74) is 0. The molecule has 0 saturated carbocycles. The Morgan fingerprint density at radius 3 is 2.00 bits per heavy atom. The van der Waals surface area contributed by atoms with Crippen LogP contribution in [0.1, 0.15) is 26.2 Å². The second-order valence-electron chi connectivity index (χ2n) is 2.12. The molecule has 0 radical (unpaired) electrons. The molecule has 0 fully saturated rings. The van der Waals surface area contributed by atoms with Gasteiger partial charge in [-0.25, -0.2) is 0 Å². The van der Waals surface area contributed by atoms with Gasteiger partial charge in [0.25, 0.3) is 0 Å². The highest BCUT2D eigenvalue weighted by atomic mass is 31.2. The third-order valence-corrected chi connectivity index (χ3v) is 1.98. The first kappa shape index (κ1) is 9.31. The van der Waals surface area contributed by atoms with Gasteiger partial charge in [0.05, 0.1) is 0 Å². The summed E-state index contributed by atoms with van der Waals surface area (Å²) in [6.45, 7) is 2.02. The van der Waals surface area contributed by atoms with E-state index in [9.17, 15) is 0 Å². The van der Waals surface area contributed by atoms with E-state index in [0.29, 0.717) is 6.42 Å². The van der Waals surface area contributed by atoms with Gasteiger partial charge in [-0.2, -0.15) is 14.7 Å². The molecular weight excluding hydrogens is 139 g/mol. The Kier molecular flexibility index (Phi) is 4.32. The maximum Gasteiger partial charge on any atom is 0.403 e. The minimum Gasteiger partial charge on any atom is -0.193 e. The number of rotatable bonds is 4. The van der Waals surface area contributed by atoms with Crippen LogP contribution in [-0.2, 0) is 0 Å². The zero-order chi connectivity index (χ0) is 7.33. The van der Waals surface area contributed by atoms with E-state index in [1.165, 1.54) is 0 Å². The van der Waals surface area contributed by atoms with Crippen molar-refractivity contribution in [2.24, 2.45) is 0 Å². The Hall–Kier alpha value is 0.310. The molecule has 0 aromatic rings. The third-order valence-electron chi connectivity index (χ3n) is 1.06. The van der Waals surface area contributed by atoms with Crippen LogP contribution < -0.4 is 0 Å². The number of hydrogen-bond acceptors (Lipinski definition) is 3. The summed E-state index contributed by atoms with van der Waals surface area (Å²) in [7, 11) is -3.45. The number of hydrogen-bond donors (Lipinski definition) is 3. The van der Waals surface area contributed by atoms with Crippen molar-refractivity contribution in [2.45, 2.75) is 26.2 Å². The maximum atomic E-state index is 8.47. The monoisotopic (exact) mass is 153 g/mol. The Labute approximate surface area is 55.9 Å². The Morgan fingerprint density at radius 2 is 1.67 bits per heavy atom. The molecular formula is C5H14O3P+. The quantitative estimate of drug-likeness (QED) is 0.415. The van der Waals surface area contributed by atoms with E-state index >= 15 is 0 Å². The molecule has 0 aliphatic rings. The zero-order valence-electron chi connectivity index (χ0n) is 5.62. The summed E-state index contributed by atoms with van der Waals surface area (Å²) in [6.07, 6.45) is 2.83. The highest BCUT2D eigenvalue weighted by Gasteiger charge is 2.27. The highest BCUT2D eigenvalue weighted by Crippen LogP contribution is 2.45. The fourth-order valence-electron chi connectivity index (χ4n) is 0.574. The molecule has 0 unspecified atom stereocenters. The van der Waals surface area contributed by atoms with Gasteiger partial charge in [0.15, 0.2) is 0 Å². The van der Waals surface area contributed by atoms with Crippen molar-refractivity contribution in [3.05, 3.63) is 0 Å². The van der Waals surface area contributed by atoms with Crippen LogP contribution in [-0.4, -0.2) is 20.8 Å². The molecule has 0 aliphatic carbocycles. The van der Waals surface area contributed by atoms with Gasteiger partial charge in [0, 0.05) is 0 Å². The lowest BCUT2D eigenvalue weighted by Gasteiger charge is -2.01. The molecule has 4 heteroatoms. The van der Waals surface area contributed by atoms with E-state index in [1.807, 2.05) is 6.92 Å². The van der Waals surface area contributed by atoms with Crippen molar-refractivity contribution in [1.29, 1.82) is 0 Å². The Bertz CT molecular complexity index is 69.1. The lowest BCUT2D eigenvalue weighted by atomic mass is 10.3. The highest BCUT2D eigenvalue weighted by molar-refractivity contribution is 7.58. The lowest BCUT2D eigenvalue weighted by Crippen LogP contribution is -1.94. The second kappa shape index (κ2) is 4.18. The van der Waals surface area contributed by atoms with Gasteiger partial charge in [-0.3, -0.25) is 0 Å². The Morgan fingerprint density at radius 1 is 1.11 bits per heavy atom. The van der Waals surface area contributed by atoms with E-state index in [1.54, 1.807) is 0 Å². The van der Waals surface area contributed by atoms with Gasteiger partial charge in [-0.15, -0.1) is 0 Å². The molecule has 3 N–H and O–H groups in total. The van der Waals surface area contributed by atoms with E-state index in [4.69, 9.17) is 14.7 Å². The minimum absolute atomic E-state index is 0.154. The molecule has 0 bridgehead atoms. The van der Waals surface area contributed by atoms with Gasteiger partial charge in [-0.05, 0) is 12.8 Å². The average molecular weight is 153 g/mol. The Balaban J connectivity index is 3.07. The van der Waals surface area contributed by atoms with Crippen molar-refractivity contribution in [1.82, 2.24) is 0 Å². The minimum atomic E-state index is -3.45. The molecule has 0 aliphatic heterocycles. The van der Waals surface area contributed by atoms with Crippen molar-refractivity contribution < 1.29 is 14.7 Å². The molecule has 9 heavy (non-hydrogen) atoms. The predicted molar refractivity (Wildman–Crippen MR) is 38.0 cm³/mol. The molecule has 0 saturated heterocycles. The van der Waals surface area contributed by atoms with Crippen LogP contribution in [0.25, 0.3) is 0 Å². The smallest absolute Gasteiger partial charge is 0.193 e. The topological polar surface area (TPSA) is 60.7 Å². The first-order valence-corrected chi connectivity index (χ1v) is 4.96. The standard InChI is InChI=1S/C5H14O3P/c1-2-3-4-5-9(6,7)8/h6-8H,2-5H2,1H3/q+1. The van der Waals surface area contributed by atoms with E-state index in [-0.39, 0.29) is 6.16 Å². The van der Waals surface area contributed by atoms with E-state index in [0.717, 1.165) is 12.8 Å². The third kappa shape index (κ3) is 8.31. The summed E-state index contributed by atoms with van der Waals surface area (Å²) >= 11 is 0. The summed E-state index contributed by atoms with van der Waals surface area (Å²) < 4.78 is 0. The van der Waals surface area contributed by atoms with E-state index < -0.39 is 7.94 Å². The molecule has 0 rings (SSSR count). The van der Waals surface area contributed by atoms with Crippen LogP contribution in [0.5, 0.6) is 0 Å². The van der Waals surface area contributed by atoms with Gasteiger partial charge >= 0.3 is 7.94 Å². The molecule has 0 amide bonds. The maximum absolute atomic E-state index is 8.47. The van der Waals surface area contributed by atoms with Crippen LogP contribution in [0.4, 0.5) is 0 Å². The molecule has 0 aromatic carbocycles. The fourth-order valence-corrected chi connectivity index (χ4v) is 1.22. The van der Waals surface area contributed by atoms with Gasteiger partial charge in [-0.1, -0.05) is 13.3 Å². The van der Waals surface area contributed by atoms with Crippen LogP contribution in [0.15, 0.2) is 0 Å². The van der Waals surface area contributed by atoms with Crippen LogP contribution in [0, 0.1) is 0 Å². The summed E-state index contributed by atoms with van der Waals surface area (Å²) in [5, 5.41) is 0. The van der Waals surface area contributed by atoms with Crippen molar-refractivity contribution >= 4 is 7.94 Å². The fraction of sp³-hybridized carbons (Fsp3) is 1.00. The lowest BCUT2D eigenvalue weighted by molar-refractivity contribution is 0.329. The van der Waals surface area contributed by atoms with Crippen LogP contribution in [0.2, 0.25) is 0 Å². The summed E-state index contributed by atoms with van der Waals surface area (Å²) in [6, 6.07) is 0. The van der Waals surface area contributed by atoms with Crippen molar-refractivity contribution in [3.63, 3.8) is 0 Å². The zero-order valence-corrected chi connectivity index (χ0v) is 6.51. The van der Waals surface area contributed by atoms with Gasteiger partial charge < -0.3 is 0 Å². The van der Waals surface area contributed by atoms with Crippen LogP contribution >= 0.6 is 7.94 Å². The molecule has 0 aromatic heterocycles. The summed E-state index contributed by atoms with van der Waals surface area (Å²) in [5.74, 6) is 0. The second-order valence-corrected chi connectivity index (χ2v) is 3.96. The van der Waals surface area contributed by atoms with Crippen molar-refractivity contribution in [2.75, 3.05) is 6.16 Å². The average Bonchev–Trinajstić information content (AvgIpc) is 1.63. The van der Waals surface area contributed by atoms with Gasteiger partial charge in [0.1, 0.15) is 6.16 Å². The van der Waals surface area contributed by atoms with Gasteiger partial charge in [0.2, 0.25) is 0 Å². The molecule has 56 valence electrons. The SMILES string of the molecule is CCCCC[P+](O)(O)O. The first-order chi connectivity index (χ1) is 4.06. The molecule has 0 heterocycles. The molecule has 0 atom stereocenters. The largest absolute Gasteiger partial charge is 0.403 e. The normalized spacial score (nSPS) is 12.0. The first-order valence-electron chi connectivity index (χ1n) is 3.12. The van der Waals surface area contributed by atoms with E-state index in [2.05, 4.69) is 0 Å². The predicted octanol–water partition coefficient (Wildman–Crippen LogP) is 0.916. The molecule has 3 nitrogen and oxygen atoms in total. The molecule has 0 spiro atoms. The van der Waals surface area contributed by atoms with Crippen LogP contribution in [0.3, 0.4) is 0 Å². The number of unbranched alkanes of at least 4 members (excludes halogenated alkanes) is 2. The van der Waals surface area contributed by atoms with Crippen molar-refractivity contribution in [3.8, 4) is 0 Å². The summed E-state index contributed by atoms with van der Waals surface area (Å²) in [4.78, 5) is 25.4.